The van der Waals surface area contributed by atoms with Gasteiger partial charge in [0.05, 0.1) is 5.56 Å². The van der Waals surface area contributed by atoms with Crippen LogP contribution in [0.4, 0.5) is 0 Å². The van der Waals surface area contributed by atoms with Crippen LogP contribution < -0.4 is 11.1 Å². The van der Waals surface area contributed by atoms with Gasteiger partial charge in [0.15, 0.2) is 5.69 Å². The van der Waals surface area contributed by atoms with E-state index in [-0.39, 0.29) is 23.2 Å². The van der Waals surface area contributed by atoms with E-state index in [1.807, 2.05) is 0 Å². The maximum atomic E-state index is 11.9. The molecule has 1 saturated carbocycles. The number of amides is 2. The Labute approximate surface area is 99.2 Å². The molecule has 1 fully saturated rings. The van der Waals surface area contributed by atoms with Crippen molar-refractivity contribution in [3.63, 3.8) is 0 Å². The summed E-state index contributed by atoms with van der Waals surface area (Å²) in [5.41, 5.74) is 5.49. The van der Waals surface area contributed by atoms with E-state index in [0.29, 0.717) is 0 Å². The Balaban J connectivity index is 2.15. The first kappa shape index (κ1) is 11.6. The number of aryl methyl sites for hydroxylation is 1. The predicted molar refractivity (Wildman–Crippen MR) is 61.4 cm³/mol. The van der Waals surface area contributed by atoms with Gasteiger partial charge in [0.25, 0.3) is 11.8 Å². The SMILES string of the molecule is Cn1cc(C(N)=O)c(C(=O)NC2CCCC2)n1. The number of aromatic nitrogens is 2. The summed E-state index contributed by atoms with van der Waals surface area (Å²) in [6.07, 6.45) is 5.71. The highest BCUT2D eigenvalue weighted by molar-refractivity contribution is 6.05. The third-order valence-electron chi connectivity index (χ3n) is 3.00. The lowest BCUT2D eigenvalue weighted by Crippen LogP contribution is -2.34. The first-order valence-electron chi connectivity index (χ1n) is 5.72. The molecule has 92 valence electrons. The second-order valence-corrected chi connectivity index (χ2v) is 4.38. The van der Waals surface area contributed by atoms with Gasteiger partial charge in [-0.1, -0.05) is 12.8 Å². The van der Waals surface area contributed by atoms with Crippen LogP contribution in [-0.4, -0.2) is 27.6 Å². The monoisotopic (exact) mass is 236 g/mol. The van der Waals surface area contributed by atoms with Gasteiger partial charge < -0.3 is 11.1 Å². The number of nitrogens with one attached hydrogen (secondary N) is 1. The maximum Gasteiger partial charge on any atom is 0.272 e. The van der Waals surface area contributed by atoms with E-state index in [2.05, 4.69) is 10.4 Å². The number of hydrogen-bond acceptors (Lipinski definition) is 3. The molecule has 3 N–H and O–H groups in total. The second kappa shape index (κ2) is 4.57. The fraction of sp³-hybridized carbons (Fsp3) is 0.545. The van der Waals surface area contributed by atoms with Crippen LogP contribution in [0.1, 0.15) is 46.5 Å². The molecule has 0 aliphatic heterocycles. The lowest BCUT2D eigenvalue weighted by molar-refractivity contribution is 0.0918. The van der Waals surface area contributed by atoms with Crippen LogP contribution in [0.25, 0.3) is 0 Å². The molecule has 1 aromatic heterocycles. The molecule has 0 aromatic carbocycles. The van der Waals surface area contributed by atoms with Gasteiger partial charge >= 0.3 is 0 Å². The zero-order valence-corrected chi connectivity index (χ0v) is 9.77. The van der Waals surface area contributed by atoms with Crippen molar-refractivity contribution in [3.8, 4) is 0 Å². The molecule has 1 aromatic rings. The first-order chi connectivity index (χ1) is 8.08. The topological polar surface area (TPSA) is 90.0 Å². The van der Waals surface area contributed by atoms with Crippen LogP contribution in [0, 0.1) is 0 Å². The Hall–Kier alpha value is -1.85. The highest BCUT2D eigenvalue weighted by atomic mass is 16.2. The molecule has 0 spiro atoms. The van der Waals surface area contributed by atoms with Gasteiger partial charge in [0.2, 0.25) is 0 Å². The molecular formula is C11H16N4O2. The number of nitrogens with zero attached hydrogens (tertiary/aromatic N) is 2. The van der Waals surface area contributed by atoms with Gasteiger partial charge in [-0.15, -0.1) is 0 Å². The van der Waals surface area contributed by atoms with E-state index < -0.39 is 5.91 Å². The number of carbonyl (C=O) groups excluding carboxylic acids is 2. The molecule has 6 nitrogen and oxygen atoms in total. The number of rotatable bonds is 3. The molecule has 0 unspecified atom stereocenters. The van der Waals surface area contributed by atoms with Crippen LogP contribution in [0.3, 0.4) is 0 Å². The number of carbonyl (C=O) groups is 2. The lowest BCUT2D eigenvalue weighted by Gasteiger charge is -2.10. The van der Waals surface area contributed by atoms with E-state index in [9.17, 15) is 9.59 Å². The minimum Gasteiger partial charge on any atom is -0.365 e. The van der Waals surface area contributed by atoms with E-state index in [4.69, 9.17) is 5.73 Å². The Bertz CT molecular complexity index is 446. The normalized spacial score (nSPS) is 16.1. The maximum absolute atomic E-state index is 11.9. The summed E-state index contributed by atoms with van der Waals surface area (Å²) in [4.78, 5) is 23.1. The third kappa shape index (κ3) is 2.46. The van der Waals surface area contributed by atoms with Crippen LogP contribution >= 0.6 is 0 Å². The molecule has 0 atom stereocenters. The van der Waals surface area contributed by atoms with Crippen molar-refractivity contribution in [2.24, 2.45) is 12.8 Å². The van der Waals surface area contributed by atoms with Gasteiger partial charge in [-0.2, -0.15) is 5.10 Å². The summed E-state index contributed by atoms with van der Waals surface area (Å²) in [7, 11) is 1.65. The lowest BCUT2D eigenvalue weighted by atomic mass is 10.2. The highest BCUT2D eigenvalue weighted by Crippen LogP contribution is 2.18. The molecule has 0 radical (unpaired) electrons. The summed E-state index contributed by atoms with van der Waals surface area (Å²) >= 11 is 0. The largest absolute Gasteiger partial charge is 0.365 e. The zero-order chi connectivity index (χ0) is 12.4. The van der Waals surface area contributed by atoms with Crippen molar-refractivity contribution in [1.82, 2.24) is 15.1 Å². The molecule has 2 rings (SSSR count). The van der Waals surface area contributed by atoms with Gasteiger partial charge in [-0.3, -0.25) is 14.3 Å². The smallest absolute Gasteiger partial charge is 0.272 e. The Kier molecular flexibility index (Phi) is 3.12. The van der Waals surface area contributed by atoms with Crippen LogP contribution in [0.5, 0.6) is 0 Å². The van der Waals surface area contributed by atoms with Gasteiger partial charge in [-0.05, 0) is 12.8 Å². The van der Waals surface area contributed by atoms with Gasteiger partial charge in [0, 0.05) is 19.3 Å². The van der Waals surface area contributed by atoms with Crippen LogP contribution in [0.2, 0.25) is 0 Å². The molecule has 0 bridgehead atoms. The van der Waals surface area contributed by atoms with E-state index in [0.717, 1.165) is 25.7 Å². The third-order valence-corrected chi connectivity index (χ3v) is 3.00. The summed E-state index contributed by atoms with van der Waals surface area (Å²) in [6, 6.07) is 0.199. The Morgan fingerprint density at radius 3 is 2.71 bits per heavy atom. The fourth-order valence-electron chi connectivity index (χ4n) is 2.16. The minimum absolute atomic E-state index is 0.117. The fourth-order valence-corrected chi connectivity index (χ4v) is 2.16. The molecule has 1 heterocycles. The molecule has 2 amide bonds. The quantitative estimate of drug-likeness (QED) is 0.785. The van der Waals surface area contributed by atoms with E-state index in [1.54, 1.807) is 7.05 Å². The first-order valence-corrected chi connectivity index (χ1v) is 5.72. The highest BCUT2D eigenvalue weighted by Gasteiger charge is 2.23. The number of nitrogens with two attached hydrogens (primary N) is 1. The molecule has 6 heteroatoms. The number of hydrogen-bond donors (Lipinski definition) is 2. The summed E-state index contributed by atoms with van der Waals surface area (Å²) < 4.78 is 1.42. The van der Waals surface area contributed by atoms with Crippen molar-refractivity contribution in [2.45, 2.75) is 31.7 Å². The van der Waals surface area contributed by atoms with Crippen molar-refractivity contribution < 1.29 is 9.59 Å². The van der Waals surface area contributed by atoms with Gasteiger partial charge in [0.1, 0.15) is 0 Å². The van der Waals surface area contributed by atoms with E-state index in [1.165, 1.54) is 10.9 Å². The summed E-state index contributed by atoms with van der Waals surface area (Å²) in [5, 5.41) is 6.86. The van der Waals surface area contributed by atoms with Crippen molar-refractivity contribution in [3.05, 3.63) is 17.5 Å². The average Bonchev–Trinajstić information content (AvgIpc) is 2.86. The standard InChI is InChI=1S/C11H16N4O2/c1-15-6-8(10(12)16)9(14-15)11(17)13-7-4-2-3-5-7/h6-7H,2-5H2,1H3,(H2,12,16)(H,13,17). The Morgan fingerprint density at radius 2 is 2.12 bits per heavy atom. The van der Waals surface area contributed by atoms with Gasteiger partial charge in [-0.25, -0.2) is 0 Å². The molecule has 1 aliphatic carbocycles. The molecule has 1 aliphatic rings. The van der Waals surface area contributed by atoms with Crippen LogP contribution in [-0.2, 0) is 7.05 Å². The Morgan fingerprint density at radius 1 is 1.47 bits per heavy atom. The molecule has 0 saturated heterocycles. The van der Waals surface area contributed by atoms with Crippen LogP contribution in [0.15, 0.2) is 6.20 Å². The zero-order valence-electron chi connectivity index (χ0n) is 9.77. The van der Waals surface area contributed by atoms with E-state index >= 15 is 0 Å². The van der Waals surface area contributed by atoms with Crippen molar-refractivity contribution in [2.75, 3.05) is 0 Å². The second-order valence-electron chi connectivity index (χ2n) is 4.38. The van der Waals surface area contributed by atoms with Crippen molar-refractivity contribution >= 4 is 11.8 Å². The average molecular weight is 236 g/mol. The minimum atomic E-state index is -0.630. The molecule has 17 heavy (non-hydrogen) atoms. The summed E-state index contributed by atoms with van der Waals surface area (Å²) in [6.45, 7) is 0. The predicted octanol–water partition coefficient (Wildman–Crippen LogP) is 0.191. The molecular weight excluding hydrogens is 220 g/mol. The van der Waals surface area contributed by atoms with Crippen molar-refractivity contribution in [1.29, 1.82) is 0 Å². The number of primary amides is 1. The summed E-state index contributed by atoms with van der Waals surface area (Å²) in [5.74, 6) is -0.944.